The molecule has 1 fully saturated rings. The molecule has 3 N–H and O–H groups in total. The molecule has 2 unspecified atom stereocenters. The molecule has 1 aliphatic rings. The number of hydrogen-bond donors (Lipinski definition) is 2. The van der Waals surface area contributed by atoms with Crippen molar-refractivity contribution in [1.29, 1.82) is 0 Å². The average Bonchev–Trinajstić information content (AvgIpc) is 3.07. The van der Waals surface area contributed by atoms with Gasteiger partial charge in [-0.25, -0.2) is 0 Å². The minimum absolute atomic E-state index is 0.0460. The van der Waals surface area contributed by atoms with Crippen LogP contribution in [0.15, 0.2) is 18.2 Å². The Bertz CT molecular complexity index is 597. The Balaban J connectivity index is 1.81. The van der Waals surface area contributed by atoms with Crippen LogP contribution >= 0.6 is 0 Å². The van der Waals surface area contributed by atoms with E-state index in [4.69, 9.17) is 5.73 Å². The molecule has 0 radical (unpaired) electrons. The SMILES string of the molecule is NCC1CCCC1C(=O)Nc1cccc2n[se]nc12. The van der Waals surface area contributed by atoms with Crippen LogP contribution < -0.4 is 11.1 Å². The first-order chi connectivity index (χ1) is 9.29. The molecular weight excluding hydrogens is 307 g/mol. The van der Waals surface area contributed by atoms with E-state index < -0.39 is 0 Å². The van der Waals surface area contributed by atoms with Gasteiger partial charge in [0.25, 0.3) is 0 Å². The maximum atomic E-state index is 12.4. The van der Waals surface area contributed by atoms with Crippen molar-refractivity contribution in [3.05, 3.63) is 18.2 Å². The molecule has 1 aromatic heterocycles. The number of rotatable bonds is 3. The second-order valence-electron chi connectivity index (χ2n) is 4.96. The predicted octanol–water partition coefficient (Wildman–Crippen LogP) is 1.00. The quantitative estimate of drug-likeness (QED) is 0.826. The van der Waals surface area contributed by atoms with Crippen molar-refractivity contribution in [2.24, 2.45) is 17.6 Å². The molecule has 19 heavy (non-hydrogen) atoms. The molecule has 6 heteroatoms. The third-order valence-corrected chi connectivity index (χ3v) is 4.98. The van der Waals surface area contributed by atoms with Crippen LogP contribution in [0.2, 0.25) is 0 Å². The fourth-order valence-corrected chi connectivity index (χ4v) is 3.95. The standard InChI is InChI=1S/C13H16N4OSe/c14-7-8-3-1-4-9(8)13(18)15-10-5-2-6-11-12(10)17-19-16-11/h2,5-6,8-9H,1,3-4,7,14H2,(H,15,18). The molecule has 0 spiro atoms. The number of hydrogen-bond acceptors (Lipinski definition) is 4. The number of amides is 1. The van der Waals surface area contributed by atoms with E-state index in [0.717, 1.165) is 36.0 Å². The van der Waals surface area contributed by atoms with Gasteiger partial charge in [0.2, 0.25) is 0 Å². The third kappa shape index (κ3) is 2.43. The molecule has 2 atom stereocenters. The molecule has 2 aromatic rings. The van der Waals surface area contributed by atoms with Crippen LogP contribution in [0.3, 0.4) is 0 Å². The fourth-order valence-electron chi connectivity index (χ4n) is 2.80. The zero-order valence-corrected chi connectivity index (χ0v) is 12.2. The Hall–Kier alpha value is -1.23. The van der Waals surface area contributed by atoms with Gasteiger partial charge in [0, 0.05) is 0 Å². The summed E-state index contributed by atoms with van der Waals surface area (Å²) in [6, 6.07) is 5.73. The van der Waals surface area contributed by atoms with E-state index in [1.165, 1.54) is 0 Å². The molecule has 1 heterocycles. The molecule has 0 bridgehead atoms. The Morgan fingerprint density at radius 1 is 1.42 bits per heavy atom. The summed E-state index contributed by atoms with van der Waals surface area (Å²) in [5, 5.41) is 3.01. The van der Waals surface area contributed by atoms with Crippen molar-refractivity contribution in [2.75, 3.05) is 11.9 Å². The van der Waals surface area contributed by atoms with Crippen LogP contribution in [0.1, 0.15) is 19.3 Å². The molecule has 1 aromatic carbocycles. The van der Waals surface area contributed by atoms with Crippen LogP contribution in [0.4, 0.5) is 5.69 Å². The topological polar surface area (TPSA) is 80.9 Å². The van der Waals surface area contributed by atoms with Gasteiger partial charge in [-0.15, -0.1) is 0 Å². The summed E-state index contributed by atoms with van der Waals surface area (Å²) in [7, 11) is 0. The predicted molar refractivity (Wildman–Crippen MR) is 75.0 cm³/mol. The minimum atomic E-state index is -0.0731. The molecule has 5 nitrogen and oxygen atoms in total. The Morgan fingerprint density at radius 3 is 3.16 bits per heavy atom. The normalized spacial score (nSPS) is 22.8. The van der Waals surface area contributed by atoms with Crippen LogP contribution in [-0.4, -0.2) is 35.4 Å². The summed E-state index contributed by atoms with van der Waals surface area (Å²) in [6.45, 7) is 0.591. The number of nitrogens with one attached hydrogen (secondary N) is 1. The number of anilines is 1. The van der Waals surface area contributed by atoms with E-state index in [1.54, 1.807) is 0 Å². The molecule has 1 amide bonds. The second-order valence-corrected chi connectivity index (χ2v) is 6.07. The number of aromatic nitrogens is 2. The van der Waals surface area contributed by atoms with E-state index in [2.05, 4.69) is 13.3 Å². The molecular formula is C13H16N4OSe. The summed E-state index contributed by atoms with van der Waals surface area (Å²) in [6.07, 6.45) is 3.09. The maximum absolute atomic E-state index is 12.4. The van der Waals surface area contributed by atoms with Gasteiger partial charge in [-0.2, -0.15) is 0 Å². The van der Waals surface area contributed by atoms with Gasteiger partial charge in [-0.3, -0.25) is 0 Å². The number of fused-ring (bicyclic) bond motifs is 1. The van der Waals surface area contributed by atoms with Crippen molar-refractivity contribution in [1.82, 2.24) is 7.96 Å². The van der Waals surface area contributed by atoms with Crippen molar-refractivity contribution in [3.8, 4) is 0 Å². The van der Waals surface area contributed by atoms with Crippen molar-refractivity contribution < 1.29 is 4.79 Å². The number of nitrogens with two attached hydrogens (primary N) is 1. The summed E-state index contributed by atoms with van der Waals surface area (Å²) in [4.78, 5) is 12.4. The summed E-state index contributed by atoms with van der Waals surface area (Å²) < 4.78 is 8.69. The van der Waals surface area contributed by atoms with Crippen molar-refractivity contribution in [2.45, 2.75) is 19.3 Å². The monoisotopic (exact) mass is 324 g/mol. The van der Waals surface area contributed by atoms with Crippen LogP contribution in [0.5, 0.6) is 0 Å². The first-order valence-electron chi connectivity index (χ1n) is 6.52. The van der Waals surface area contributed by atoms with E-state index in [9.17, 15) is 4.79 Å². The first-order valence-corrected chi connectivity index (χ1v) is 8.05. The fraction of sp³-hybridized carbons (Fsp3) is 0.462. The van der Waals surface area contributed by atoms with Crippen molar-refractivity contribution in [3.63, 3.8) is 0 Å². The molecule has 1 aliphatic carbocycles. The second kappa shape index (κ2) is 5.41. The zero-order valence-electron chi connectivity index (χ0n) is 10.5. The van der Waals surface area contributed by atoms with Gasteiger partial charge in [0.1, 0.15) is 0 Å². The van der Waals surface area contributed by atoms with Crippen LogP contribution in [0.25, 0.3) is 11.0 Å². The Kier molecular flexibility index (Phi) is 3.64. The van der Waals surface area contributed by atoms with Gasteiger partial charge in [-0.05, 0) is 0 Å². The van der Waals surface area contributed by atoms with E-state index in [1.807, 2.05) is 18.2 Å². The van der Waals surface area contributed by atoms with E-state index in [0.29, 0.717) is 12.5 Å². The molecule has 3 rings (SSSR count). The molecule has 100 valence electrons. The first kappa shape index (κ1) is 12.8. The van der Waals surface area contributed by atoms with Crippen LogP contribution in [0, 0.1) is 11.8 Å². The van der Waals surface area contributed by atoms with Gasteiger partial charge in [0.15, 0.2) is 0 Å². The average molecular weight is 323 g/mol. The molecule has 0 saturated heterocycles. The summed E-state index contributed by atoms with van der Waals surface area (Å²) in [5.74, 6) is 0.447. The van der Waals surface area contributed by atoms with Crippen LogP contribution in [-0.2, 0) is 4.79 Å². The van der Waals surface area contributed by atoms with Crippen molar-refractivity contribution >= 4 is 37.6 Å². The van der Waals surface area contributed by atoms with E-state index >= 15 is 0 Å². The number of carbonyl (C=O) groups is 1. The summed E-state index contributed by atoms with van der Waals surface area (Å²) in [5.41, 5.74) is 8.24. The Morgan fingerprint density at radius 2 is 2.32 bits per heavy atom. The third-order valence-electron chi connectivity index (χ3n) is 3.84. The summed E-state index contributed by atoms with van der Waals surface area (Å²) >= 11 is -0.0731. The van der Waals surface area contributed by atoms with Gasteiger partial charge in [0.05, 0.1) is 0 Å². The van der Waals surface area contributed by atoms with Gasteiger partial charge in [-0.1, -0.05) is 0 Å². The van der Waals surface area contributed by atoms with E-state index in [-0.39, 0.29) is 26.8 Å². The Labute approximate surface area is 117 Å². The number of carbonyl (C=O) groups excluding carboxylic acids is 1. The van der Waals surface area contributed by atoms with Gasteiger partial charge < -0.3 is 0 Å². The number of nitrogens with zero attached hydrogens (tertiary/aromatic N) is 2. The number of benzene rings is 1. The molecule has 0 aliphatic heterocycles. The zero-order chi connectivity index (χ0) is 13.2. The molecule has 1 saturated carbocycles. The van der Waals surface area contributed by atoms with Gasteiger partial charge >= 0.3 is 117 Å².